The van der Waals surface area contributed by atoms with Crippen molar-refractivity contribution in [2.45, 2.75) is 13.0 Å². The highest BCUT2D eigenvalue weighted by Gasteiger charge is 2.67. The first-order valence-electron chi connectivity index (χ1n) is 11.4. The Morgan fingerprint density at radius 3 is 2.25 bits per heavy atom. The Hall–Kier alpha value is -3.47. The van der Waals surface area contributed by atoms with Crippen LogP contribution in [0.25, 0.3) is 10.9 Å². The average molecular weight is 422 g/mol. The first-order chi connectivity index (χ1) is 15.7. The monoisotopic (exact) mass is 421 g/mol. The van der Waals surface area contributed by atoms with Gasteiger partial charge in [-0.15, -0.1) is 0 Å². The Morgan fingerprint density at radius 1 is 0.875 bits per heavy atom. The molecule has 1 saturated heterocycles. The van der Waals surface area contributed by atoms with Crippen molar-refractivity contribution in [3.05, 3.63) is 84.1 Å². The van der Waals surface area contributed by atoms with Gasteiger partial charge in [-0.1, -0.05) is 60.7 Å². The van der Waals surface area contributed by atoms with Crippen molar-refractivity contribution in [3.63, 3.8) is 0 Å². The number of rotatable bonds is 4. The summed E-state index contributed by atoms with van der Waals surface area (Å²) in [6.07, 6.45) is 9.29. The molecule has 3 fully saturated rings. The van der Waals surface area contributed by atoms with E-state index < -0.39 is 0 Å². The lowest BCUT2D eigenvalue weighted by Crippen LogP contribution is -2.40. The first kappa shape index (κ1) is 18.1. The predicted molar refractivity (Wildman–Crippen MR) is 122 cm³/mol. The SMILES string of the molecule is O=C1[C@@H]2[C@H]3C=C[C@@H]([C@@H]4C[C@@H]34)[C@H]2C(=O)N1/N=C\c1cn(Cc2ccccc2)c2ccccc12. The first-order valence-corrected chi connectivity index (χ1v) is 11.4. The molecular weight excluding hydrogens is 398 g/mol. The summed E-state index contributed by atoms with van der Waals surface area (Å²) in [5.74, 6) is 0.989. The molecule has 2 saturated carbocycles. The summed E-state index contributed by atoms with van der Waals surface area (Å²) in [7, 11) is 0. The Bertz CT molecular complexity index is 1290. The van der Waals surface area contributed by atoms with Crippen molar-refractivity contribution < 1.29 is 9.59 Å². The third kappa shape index (κ3) is 2.48. The second kappa shape index (κ2) is 6.52. The van der Waals surface area contributed by atoms with Crippen molar-refractivity contribution in [2.75, 3.05) is 0 Å². The lowest BCUT2D eigenvalue weighted by atomic mass is 9.63. The number of amides is 2. The number of nitrogens with zero attached hydrogens (tertiary/aromatic N) is 3. The van der Waals surface area contributed by atoms with E-state index in [0.29, 0.717) is 11.8 Å². The molecule has 2 bridgehead atoms. The van der Waals surface area contributed by atoms with E-state index in [1.54, 1.807) is 6.21 Å². The summed E-state index contributed by atoms with van der Waals surface area (Å²) in [5.41, 5.74) is 3.23. The van der Waals surface area contributed by atoms with E-state index in [9.17, 15) is 9.59 Å². The van der Waals surface area contributed by atoms with Gasteiger partial charge >= 0.3 is 0 Å². The van der Waals surface area contributed by atoms with Gasteiger partial charge in [0.1, 0.15) is 0 Å². The lowest BCUT2D eigenvalue weighted by Gasteiger charge is -2.37. The molecule has 0 spiro atoms. The van der Waals surface area contributed by atoms with Crippen LogP contribution in [0.3, 0.4) is 0 Å². The largest absolute Gasteiger partial charge is 0.342 e. The second-order valence-corrected chi connectivity index (χ2v) is 9.60. The number of hydrogen-bond donors (Lipinski definition) is 0. The zero-order chi connectivity index (χ0) is 21.4. The summed E-state index contributed by atoms with van der Waals surface area (Å²) in [4.78, 5) is 26.4. The standard InChI is InChI=1S/C27H23N3O2/c31-26-24-19-10-11-20(22-12-21(19)22)25(24)27(32)30(26)28-13-17-15-29(14-16-6-2-1-3-7-16)23-9-5-4-8-18(17)23/h1-11,13,15,19-22,24-25H,12,14H2/b28-13-/t19-,20-,21-,22-,24+,25+/m0/s1. The van der Waals surface area contributed by atoms with Crippen LogP contribution in [0, 0.1) is 35.5 Å². The van der Waals surface area contributed by atoms with Gasteiger partial charge in [0.25, 0.3) is 11.8 Å². The highest BCUT2D eigenvalue weighted by Crippen LogP contribution is 2.65. The Balaban J connectivity index is 1.21. The molecule has 1 aliphatic heterocycles. The summed E-state index contributed by atoms with van der Waals surface area (Å²) >= 11 is 0. The fraction of sp³-hybridized carbons (Fsp3) is 0.296. The van der Waals surface area contributed by atoms with E-state index in [4.69, 9.17) is 0 Å². The van der Waals surface area contributed by atoms with E-state index in [1.165, 1.54) is 12.0 Å². The number of fused-ring (bicyclic) bond motifs is 1. The van der Waals surface area contributed by atoms with Crippen LogP contribution in [0.2, 0.25) is 0 Å². The van der Waals surface area contributed by atoms with Gasteiger partial charge in [-0.05, 0) is 41.7 Å². The molecule has 3 aromatic rings. The maximum atomic E-state index is 13.2. The van der Waals surface area contributed by atoms with Crippen LogP contribution < -0.4 is 0 Å². The quantitative estimate of drug-likeness (QED) is 0.362. The molecule has 158 valence electrons. The van der Waals surface area contributed by atoms with Crippen LogP contribution in [0.1, 0.15) is 17.5 Å². The minimum Gasteiger partial charge on any atom is -0.342 e. The normalized spacial score (nSPS) is 32.2. The number of hydrazone groups is 1. The van der Waals surface area contributed by atoms with Crippen LogP contribution in [-0.2, 0) is 16.1 Å². The minimum atomic E-state index is -0.210. The molecule has 8 rings (SSSR count). The van der Waals surface area contributed by atoms with E-state index >= 15 is 0 Å². The van der Waals surface area contributed by atoms with Crippen LogP contribution >= 0.6 is 0 Å². The van der Waals surface area contributed by atoms with E-state index in [1.807, 2.05) is 30.3 Å². The molecule has 4 aliphatic carbocycles. The van der Waals surface area contributed by atoms with Gasteiger partial charge < -0.3 is 4.57 Å². The van der Waals surface area contributed by atoms with Gasteiger partial charge in [0.2, 0.25) is 0 Å². The number of carbonyl (C=O) groups excluding carboxylic acids is 2. The fourth-order valence-electron chi connectivity index (χ4n) is 6.46. The zero-order valence-electron chi connectivity index (χ0n) is 17.5. The van der Waals surface area contributed by atoms with Crippen LogP contribution in [-0.4, -0.2) is 27.6 Å². The molecule has 32 heavy (non-hydrogen) atoms. The molecule has 0 radical (unpaired) electrons. The van der Waals surface area contributed by atoms with Gasteiger partial charge in [-0.3, -0.25) is 9.59 Å². The number of aromatic nitrogens is 1. The summed E-state index contributed by atoms with van der Waals surface area (Å²) in [6.45, 7) is 0.749. The van der Waals surface area contributed by atoms with E-state index in [2.05, 4.69) is 52.3 Å². The molecule has 5 nitrogen and oxygen atoms in total. The number of carbonyl (C=O) groups is 2. The van der Waals surface area contributed by atoms with E-state index in [0.717, 1.165) is 28.0 Å². The number of para-hydroxylation sites is 1. The van der Waals surface area contributed by atoms with Crippen molar-refractivity contribution >= 4 is 28.9 Å². The molecule has 0 N–H and O–H groups in total. The molecule has 2 heterocycles. The van der Waals surface area contributed by atoms with Crippen molar-refractivity contribution in [2.24, 2.45) is 40.6 Å². The van der Waals surface area contributed by atoms with Crippen LogP contribution in [0.5, 0.6) is 0 Å². The summed E-state index contributed by atoms with van der Waals surface area (Å²) in [5, 5.41) is 6.68. The summed E-state index contributed by atoms with van der Waals surface area (Å²) in [6, 6.07) is 18.5. The Labute approximate surface area is 186 Å². The Kier molecular flexibility index (Phi) is 3.69. The molecule has 5 aliphatic rings. The minimum absolute atomic E-state index is 0.117. The number of hydrogen-bond acceptors (Lipinski definition) is 3. The lowest BCUT2D eigenvalue weighted by molar-refractivity contribution is -0.140. The molecule has 2 amide bonds. The molecule has 2 aromatic carbocycles. The third-order valence-electron chi connectivity index (χ3n) is 7.97. The van der Waals surface area contributed by atoms with Gasteiger partial charge in [0, 0.05) is 29.2 Å². The van der Waals surface area contributed by atoms with Gasteiger partial charge in [0.15, 0.2) is 0 Å². The van der Waals surface area contributed by atoms with Crippen LogP contribution in [0.4, 0.5) is 0 Å². The summed E-state index contributed by atoms with van der Waals surface area (Å²) < 4.78 is 2.19. The smallest absolute Gasteiger partial charge is 0.254 e. The number of benzene rings is 2. The fourth-order valence-corrected chi connectivity index (χ4v) is 6.46. The third-order valence-corrected chi connectivity index (χ3v) is 7.97. The highest BCUT2D eigenvalue weighted by atomic mass is 16.2. The molecule has 0 unspecified atom stereocenters. The number of allylic oxidation sites excluding steroid dienone is 2. The van der Waals surface area contributed by atoms with Crippen molar-refractivity contribution in [1.82, 2.24) is 9.58 Å². The second-order valence-electron chi connectivity index (χ2n) is 9.60. The number of imide groups is 1. The van der Waals surface area contributed by atoms with Crippen molar-refractivity contribution in [3.8, 4) is 0 Å². The predicted octanol–water partition coefficient (Wildman–Crippen LogP) is 4.08. The van der Waals surface area contributed by atoms with Gasteiger partial charge in [0.05, 0.1) is 18.1 Å². The molecule has 1 aromatic heterocycles. The maximum Gasteiger partial charge on any atom is 0.254 e. The van der Waals surface area contributed by atoms with Gasteiger partial charge in [-0.2, -0.15) is 10.1 Å². The molecule has 5 heteroatoms. The maximum absolute atomic E-state index is 13.2. The zero-order valence-corrected chi connectivity index (χ0v) is 17.5. The van der Waals surface area contributed by atoms with E-state index in [-0.39, 0.29) is 35.5 Å². The molecule has 6 atom stereocenters. The Morgan fingerprint density at radius 2 is 1.53 bits per heavy atom. The van der Waals surface area contributed by atoms with Crippen molar-refractivity contribution in [1.29, 1.82) is 0 Å². The van der Waals surface area contributed by atoms with Crippen LogP contribution in [0.15, 0.2) is 78.0 Å². The van der Waals surface area contributed by atoms with Gasteiger partial charge in [-0.25, -0.2) is 0 Å². The molecular formula is C27H23N3O2. The average Bonchev–Trinajstić information content (AvgIpc) is 3.54. The highest BCUT2D eigenvalue weighted by molar-refractivity contribution is 6.07. The topological polar surface area (TPSA) is 54.7 Å².